The van der Waals surface area contributed by atoms with Crippen LogP contribution in [0.3, 0.4) is 0 Å². The van der Waals surface area contributed by atoms with Gasteiger partial charge in [-0.25, -0.2) is 9.97 Å². The minimum atomic E-state index is -0.125. The molecule has 0 bridgehead atoms. The van der Waals surface area contributed by atoms with Crippen LogP contribution >= 0.6 is 11.3 Å². The van der Waals surface area contributed by atoms with Crippen molar-refractivity contribution in [2.24, 2.45) is 17.8 Å². The summed E-state index contributed by atoms with van der Waals surface area (Å²) in [5, 5.41) is 6.05. The highest BCUT2D eigenvalue weighted by molar-refractivity contribution is 7.13. The van der Waals surface area contributed by atoms with E-state index in [-0.39, 0.29) is 11.9 Å². The van der Waals surface area contributed by atoms with Gasteiger partial charge in [0.15, 0.2) is 5.13 Å². The average molecular weight is 430 g/mol. The number of methoxy groups -OCH3 is 1. The van der Waals surface area contributed by atoms with Crippen LogP contribution in [0.2, 0.25) is 0 Å². The van der Waals surface area contributed by atoms with Gasteiger partial charge in [0, 0.05) is 36.4 Å². The van der Waals surface area contributed by atoms with Crippen LogP contribution in [0, 0.1) is 24.7 Å². The predicted molar refractivity (Wildman–Crippen MR) is 119 cm³/mol. The molecule has 2 aliphatic rings. The van der Waals surface area contributed by atoms with E-state index in [0.29, 0.717) is 12.3 Å². The summed E-state index contributed by atoms with van der Waals surface area (Å²) in [6, 6.07) is 1.94. The number of nitrogens with zero attached hydrogens (tertiary/aromatic N) is 4. The van der Waals surface area contributed by atoms with E-state index in [2.05, 4.69) is 15.2 Å². The number of aromatic nitrogens is 3. The topological polar surface area (TPSA) is 80.2 Å². The molecule has 0 amide bonds. The third-order valence-electron chi connectivity index (χ3n) is 6.36. The van der Waals surface area contributed by atoms with Crippen LogP contribution < -0.4 is 10.2 Å². The second-order valence-electron chi connectivity index (χ2n) is 8.60. The molecule has 162 valence electrons. The van der Waals surface area contributed by atoms with E-state index in [1.54, 1.807) is 17.5 Å². The first-order valence-corrected chi connectivity index (χ1v) is 11.8. The van der Waals surface area contributed by atoms with Gasteiger partial charge in [0.25, 0.3) is 0 Å². The molecule has 1 saturated carbocycles. The highest BCUT2D eigenvalue weighted by atomic mass is 32.1. The van der Waals surface area contributed by atoms with Crippen LogP contribution in [0.5, 0.6) is 0 Å². The summed E-state index contributed by atoms with van der Waals surface area (Å²) in [7, 11) is 1.47. The highest BCUT2D eigenvalue weighted by Gasteiger charge is 2.35. The molecule has 0 unspecified atom stereocenters. The first-order valence-electron chi connectivity index (χ1n) is 10.9. The van der Waals surface area contributed by atoms with Crippen LogP contribution in [0.15, 0.2) is 17.6 Å². The van der Waals surface area contributed by atoms with Gasteiger partial charge in [0.05, 0.1) is 13.5 Å². The number of ether oxygens (including phenoxy) is 1. The fraction of sp³-hybridized carbons (Fsp3) is 0.636. The van der Waals surface area contributed by atoms with Gasteiger partial charge in [0.1, 0.15) is 5.82 Å². The lowest BCUT2D eigenvalue weighted by molar-refractivity contribution is -0.141. The number of thiazole rings is 1. The molecule has 0 spiro atoms. The molecule has 2 aromatic rings. The molecule has 1 saturated heterocycles. The first kappa shape index (κ1) is 21.0. The van der Waals surface area contributed by atoms with Crippen LogP contribution in [-0.2, 0) is 9.53 Å². The van der Waals surface area contributed by atoms with E-state index in [1.165, 1.54) is 39.2 Å². The molecule has 2 fully saturated rings. The van der Waals surface area contributed by atoms with E-state index in [1.807, 2.05) is 18.4 Å². The average Bonchev–Trinajstić information content (AvgIpc) is 3.26. The SMILES string of the molecule is COC(=O)C[C@@H]1C[C@H](C2CCCCC2)CN(c2nc(C)cc(Nc3nccs3)n2)C1. The van der Waals surface area contributed by atoms with Crippen molar-refractivity contribution in [1.82, 2.24) is 15.0 Å². The Labute approximate surface area is 182 Å². The van der Waals surface area contributed by atoms with Crippen LogP contribution in [0.4, 0.5) is 16.9 Å². The third kappa shape index (κ3) is 5.28. The molecule has 0 radical (unpaired) electrons. The lowest BCUT2D eigenvalue weighted by Crippen LogP contribution is -2.45. The number of carbonyl (C=O) groups excluding carboxylic acids is 1. The van der Waals surface area contributed by atoms with Gasteiger partial charge in [-0.2, -0.15) is 4.98 Å². The number of anilines is 3. The van der Waals surface area contributed by atoms with E-state index < -0.39 is 0 Å². The summed E-state index contributed by atoms with van der Waals surface area (Å²) in [5.74, 6) is 2.96. The van der Waals surface area contributed by atoms with Gasteiger partial charge >= 0.3 is 5.97 Å². The number of nitrogens with one attached hydrogen (secondary N) is 1. The second-order valence-corrected chi connectivity index (χ2v) is 9.50. The molecule has 2 aromatic heterocycles. The summed E-state index contributed by atoms with van der Waals surface area (Å²) in [6.45, 7) is 3.74. The van der Waals surface area contributed by atoms with Gasteiger partial charge < -0.3 is 15.0 Å². The smallest absolute Gasteiger partial charge is 0.305 e. The predicted octanol–water partition coefficient (Wildman–Crippen LogP) is 4.57. The Morgan fingerprint density at radius 3 is 2.80 bits per heavy atom. The maximum absolute atomic E-state index is 12.0. The van der Waals surface area contributed by atoms with Gasteiger partial charge in [-0.05, 0) is 31.1 Å². The van der Waals surface area contributed by atoms with Crippen molar-refractivity contribution in [2.75, 3.05) is 30.4 Å². The monoisotopic (exact) mass is 429 g/mol. The molecule has 1 aliphatic carbocycles. The van der Waals surface area contributed by atoms with Crippen molar-refractivity contribution in [3.05, 3.63) is 23.3 Å². The molecule has 0 aromatic carbocycles. The van der Waals surface area contributed by atoms with Gasteiger partial charge in [-0.3, -0.25) is 4.79 Å². The van der Waals surface area contributed by atoms with E-state index in [4.69, 9.17) is 14.7 Å². The molecular weight excluding hydrogens is 398 g/mol. The molecule has 1 N–H and O–H groups in total. The van der Waals surface area contributed by atoms with Gasteiger partial charge in [-0.15, -0.1) is 11.3 Å². The molecule has 1 aliphatic heterocycles. The lowest BCUT2D eigenvalue weighted by atomic mass is 9.73. The Balaban J connectivity index is 1.55. The van der Waals surface area contributed by atoms with E-state index >= 15 is 0 Å². The molecule has 8 heteroatoms. The minimum Gasteiger partial charge on any atom is -0.469 e. The third-order valence-corrected chi connectivity index (χ3v) is 7.05. The Kier molecular flexibility index (Phi) is 6.82. The number of hydrogen-bond donors (Lipinski definition) is 1. The Hall–Kier alpha value is -2.22. The normalized spacial score (nSPS) is 22.7. The van der Waals surface area contributed by atoms with E-state index in [9.17, 15) is 4.79 Å². The lowest BCUT2D eigenvalue weighted by Gasteiger charge is -2.42. The second kappa shape index (κ2) is 9.73. The van der Waals surface area contributed by atoms with Crippen molar-refractivity contribution < 1.29 is 9.53 Å². The zero-order valence-electron chi connectivity index (χ0n) is 17.8. The standard InChI is InChI=1S/C22H31N5O2S/c1-15-10-19(26-22-23-8-9-30-22)25-21(24-15)27-13-16(12-20(28)29-2)11-18(14-27)17-6-4-3-5-7-17/h8-10,16-18H,3-7,11-14H2,1-2H3,(H,23,24,25,26)/t16-,18-/m0/s1. The molecule has 4 rings (SSSR count). The molecular formula is C22H31N5O2S. The van der Waals surface area contributed by atoms with Crippen molar-refractivity contribution in [3.63, 3.8) is 0 Å². The quantitative estimate of drug-likeness (QED) is 0.674. The molecule has 7 nitrogen and oxygen atoms in total. The summed E-state index contributed by atoms with van der Waals surface area (Å²) >= 11 is 1.55. The van der Waals surface area contributed by atoms with Crippen molar-refractivity contribution >= 4 is 34.2 Å². The summed E-state index contributed by atoms with van der Waals surface area (Å²) in [6.07, 6.45) is 9.93. The number of aryl methyl sites for hydroxylation is 1. The van der Waals surface area contributed by atoms with Crippen LogP contribution in [0.1, 0.15) is 50.6 Å². The summed E-state index contributed by atoms with van der Waals surface area (Å²) in [5.41, 5.74) is 0.920. The molecule has 2 atom stereocenters. The minimum absolute atomic E-state index is 0.125. The number of carbonyl (C=O) groups is 1. The number of hydrogen-bond acceptors (Lipinski definition) is 8. The van der Waals surface area contributed by atoms with Gasteiger partial charge in [-0.1, -0.05) is 32.1 Å². The fourth-order valence-electron chi connectivity index (χ4n) is 4.98. The van der Waals surface area contributed by atoms with Crippen LogP contribution in [-0.4, -0.2) is 41.1 Å². The summed E-state index contributed by atoms with van der Waals surface area (Å²) < 4.78 is 4.97. The molecule has 3 heterocycles. The van der Waals surface area contributed by atoms with E-state index in [0.717, 1.165) is 48.0 Å². The van der Waals surface area contributed by atoms with Crippen LogP contribution in [0.25, 0.3) is 0 Å². The number of piperidine rings is 1. The largest absolute Gasteiger partial charge is 0.469 e. The first-order chi connectivity index (χ1) is 14.6. The maximum Gasteiger partial charge on any atom is 0.305 e. The highest BCUT2D eigenvalue weighted by Crippen LogP contribution is 2.38. The van der Waals surface area contributed by atoms with Gasteiger partial charge in [0.2, 0.25) is 5.95 Å². The Morgan fingerprint density at radius 1 is 1.23 bits per heavy atom. The van der Waals surface area contributed by atoms with Crippen molar-refractivity contribution in [2.45, 2.75) is 51.9 Å². The summed E-state index contributed by atoms with van der Waals surface area (Å²) in [4.78, 5) is 28.1. The van der Waals surface area contributed by atoms with Crippen molar-refractivity contribution in [1.29, 1.82) is 0 Å². The number of rotatable bonds is 6. The van der Waals surface area contributed by atoms with Crippen molar-refractivity contribution in [3.8, 4) is 0 Å². The zero-order valence-corrected chi connectivity index (χ0v) is 18.7. The maximum atomic E-state index is 12.0. The Bertz CT molecular complexity index is 838. The number of esters is 1. The Morgan fingerprint density at radius 2 is 2.07 bits per heavy atom. The zero-order chi connectivity index (χ0) is 20.9. The fourth-order valence-corrected chi connectivity index (χ4v) is 5.51. The molecule has 30 heavy (non-hydrogen) atoms.